The first-order valence-corrected chi connectivity index (χ1v) is 7.64. The molecule has 0 saturated carbocycles. The van der Waals surface area contributed by atoms with Crippen molar-refractivity contribution in [2.24, 2.45) is 5.73 Å². The van der Waals surface area contributed by atoms with Gasteiger partial charge in [-0.1, -0.05) is 12.1 Å². The number of aromatic nitrogens is 2. The van der Waals surface area contributed by atoms with Crippen molar-refractivity contribution in [2.75, 3.05) is 6.54 Å². The molecule has 2 heterocycles. The summed E-state index contributed by atoms with van der Waals surface area (Å²) in [5.74, 6) is 1.01. The van der Waals surface area contributed by atoms with Crippen molar-refractivity contribution in [3.8, 4) is 0 Å². The highest BCUT2D eigenvalue weighted by Gasteiger charge is 2.34. The summed E-state index contributed by atoms with van der Waals surface area (Å²) < 4.78 is 2.22. The molecule has 1 fully saturated rings. The Morgan fingerprint density at radius 3 is 2.95 bits per heavy atom. The molecule has 2 N–H and O–H groups in total. The van der Waals surface area contributed by atoms with Gasteiger partial charge in [-0.3, -0.25) is 4.79 Å². The fraction of sp³-hybridized carbons (Fsp3) is 0.500. The summed E-state index contributed by atoms with van der Waals surface area (Å²) >= 11 is 0. The molecule has 2 aromatic rings. The number of rotatable bonds is 3. The van der Waals surface area contributed by atoms with Crippen LogP contribution in [0, 0.1) is 0 Å². The summed E-state index contributed by atoms with van der Waals surface area (Å²) in [6.45, 7) is 5.50. The van der Waals surface area contributed by atoms with Crippen molar-refractivity contribution < 1.29 is 4.79 Å². The lowest BCUT2D eigenvalue weighted by atomic mass is 10.2. The van der Waals surface area contributed by atoms with Gasteiger partial charge in [-0.2, -0.15) is 0 Å². The largest absolute Gasteiger partial charge is 0.331 e. The molecule has 112 valence electrons. The fourth-order valence-electron chi connectivity index (χ4n) is 3.24. The number of hydrogen-bond acceptors (Lipinski definition) is 3. The number of imidazole rings is 1. The standard InChI is InChI=1S/C16H22N4O/c1-3-19-13-8-5-4-7-12(13)18-15(19)14-9-6-10-20(14)16(21)11(2)17/h4-5,7-8,11,14H,3,6,9-10,17H2,1-2H3/t11-,14?/m1/s1. The zero-order valence-electron chi connectivity index (χ0n) is 12.6. The first-order chi connectivity index (χ1) is 10.1. The van der Waals surface area contributed by atoms with E-state index in [-0.39, 0.29) is 11.9 Å². The third-order valence-electron chi connectivity index (χ3n) is 4.22. The van der Waals surface area contributed by atoms with E-state index in [0.717, 1.165) is 42.8 Å². The van der Waals surface area contributed by atoms with Crippen LogP contribution in [-0.2, 0) is 11.3 Å². The summed E-state index contributed by atoms with van der Waals surface area (Å²) in [6.07, 6.45) is 1.97. The van der Waals surface area contributed by atoms with E-state index in [0.29, 0.717) is 0 Å². The predicted molar refractivity (Wildman–Crippen MR) is 82.7 cm³/mol. The van der Waals surface area contributed by atoms with Gasteiger partial charge in [-0.25, -0.2) is 4.98 Å². The van der Waals surface area contributed by atoms with Crippen molar-refractivity contribution in [2.45, 2.75) is 45.3 Å². The van der Waals surface area contributed by atoms with E-state index in [2.05, 4.69) is 17.6 Å². The molecule has 3 rings (SSSR count). The van der Waals surface area contributed by atoms with E-state index in [1.807, 2.05) is 23.1 Å². The highest BCUT2D eigenvalue weighted by Crippen LogP contribution is 2.33. The van der Waals surface area contributed by atoms with E-state index in [1.165, 1.54) is 0 Å². The lowest BCUT2D eigenvalue weighted by molar-refractivity contribution is -0.133. The monoisotopic (exact) mass is 286 g/mol. The lowest BCUT2D eigenvalue weighted by Crippen LogP contribution is -2.42. The van der Waals surface area contributed by atoms with Gasteiger partial charge in [0.05, 0.1) is 23.1 Å². The molecule has 0 radical (unpaired) electrons. The van der Waals surface area contributed by atoms with E-state index in [9.17, 15) is 4.79 Å². The molecule has 1 saturated heterocycles. The third-order valence-corrected chi connectivity index (χ3v) is 4.22. The summed E-state index contributed by atoms with van der Waals surface area (Å²) in [5, 5.41) is 0. The summed E-state index contributed by atoms with van der Waals surface area (Å²) in [5.41, 5.74) is 7.91. The lowest BCUT2D eigenvalue weighted by Gasteiger charge is -2.26. The van der Waals surface area contributed by atoms with Crippen LogP contribution in [-0.4, -0.2) is 32.9 Å². The first kappa shape index (κ1) is 14.1. The maximum Gasteiger partial charge on any atom is 0.239 e. The Hall–Kier alpha value is -1.88. The summed E-state index contributed by atoms with van der Waals surface area (Å²) in [7, 11) is 0. The molecular weight excluding hydrogens is 264 g/mol. The van der Waals surface area contributed by atoms with Gasteiger partial charge >= 0.3 is 0 Å². The highest BCUT2D eigenvalue weighted by molar-refractivity contribution is 5.82. The number of carbonyl (C=O) groups excluding carboxylic acids is 1. The number of fused-ring (bicyclic) bond motifs is 1. The Bertz CT molecular complexity index is 661. The van der Waals surface area contributed by atoms with Crippen molar-refractivity contribution in [1.29, 1.82) is 0 Å². The Kier molecular flexibility index (Phi) is 3.68. The van der Waals surface area contributed by atoms with E-state index in [4.69, 9.17) is 10.7 Å². The molecular formula is C16H22N4O. The number of nitrogens with two attached hydrogens (primary N) is 1. The first-order valence-electron chi connectivity index (χ1n) is 7.64. The number of hydrogen-bond donors (Lipinski definition) is 1. The normalized spacial score (nSPS) is 20.1. The Morgan fingerprint density at radius 1 is 1.48 bits per heavy atom. The molecule has 1 aromatic carbocycles. The summed E-state index contributed by atoms with van der Waals surface area (Å²) in [4.78, 5) is 19.0. The number of aryl methyl sites for hydroxylation is 1. The Morgan fingerprint density at radius 2 is 2.24 bits per heavy atom. The van der Waals surface area contributed by atoms with Crippen molar-refractivity contribution >= 4 is 16.9 Å². The Balaban J connectivity index is 2.05. The molecule has 2 atom stereocenters. The van der Waals surface area contributed by atoms with Crippen LogP contribution < -0.4 is 5.73 Å². The van der Waals surface area contributed by atoms with Crippen molar-refractivity contribution in [1.82, 2.24) is 14.5 Å². The van der Waals surface area contributed by atoms with Gasteiger partial charge in [-0.15, -0.1) is 0 Å². The highest BCUT2D eigenvalue weighted by atomic mass is 16.2. The van der Waals surface area contributed by atoms with E-state index >= 15 is 0 Å². The maximum atomic E-state index is 12.3. The molecule has 21 heavy (non-hydrogen) atoms. The SMILES string of the molecule is CCn1c(C2CCCN2C(=O)[C@@H](C)N)nc2ccccc21. The van der Waals surface area contributed by atoms with Gasteiger partial charge in [0.1, 0.15) is 5.82 Å². The Labute approximate surface area is 124 Å². The molecule has 1 aliphatic heterocycles. The maximum absolute atomic E-state index is 12.3. The molecule has 5 nitrogen and oxygen atoms in total. The van der Waals surface area contributed by atoms with Crippen LogP contribution in [0.2, 0.25) is 0 Å². The second-order valence-corrected chi connectivity index (χ2v) is 5.68. The average molecular weight is 286 g/mol. The zero-order chi connectivity index (χ0) is 15.0. The molecule has 0 aliphatic carbocycles. The quantitative estimate of drug-likeness (QED) is 0.939. The fourth-order valence-corrected chi connectivity index (χ4v) is 3.24. The van der Waals surface area contributed by atoms with Gasteiger partial charge in [0.15, 0.2) is 0 Å². The molecule has 1 unspecified atom stereocenters. The number of carbonyl (C=O) groups is 1. The molecule has 0 spiro atoms. The van der Waals surface area contributed by atoms with Crippen LogP contribution in [0.3, 0.4) is 0 Å². The minimum atomic E-state index is -0.454. The van der Waals surface area contributed by atoms with Gasteiger partial charge in [0.25, 0.3) is 0 Å². The van der Waals surface area contributed by atoms with Gasteiger partial charge in [-0.05, 0) is 38.8 Å². The van der Waals surface area contributed by atoms with Gasteiger partial charge < -0.3 is 15.2 Å². The smallest absolute Gasteiger partial charge is 0.239 e. The number of nitrogens with zero attached hydrogens (tertiary/aromatic N) is 3. The average Bonchev–Trinajstić information content (AvgIpc) is 3.09. The van der Waals surface area contributed by atoms with Crippen molar-refractivity contribution in [3.63, 3.8) is 0 Å². The van der Waals surface area contributed by atoms with E-state index in [1.54, 1.807) is 6.92 Å². The molecule has 0 bridgehead atoms. The number of amides is 1. The minimum absolute atomic E-state index is 0.0206. The third kappa shape index (κ3) is 2.31. The molecule has 5 heteroatoms. The van der Waals surface area contributed by atoms with Crippen LogP contribution in [0.15, 0.2) is 24.3 Å². The molecule has 1 aliphatic rings. The number of benzene rings is 1. The molecule has 1 aromatic heterocycles. The number of likely N-dealkylation sites (tertiary alicyclic amines) is 1. The van der Waals surface area contributed by atoms with Crippen LogP contribution in [0.1, 0.15) is 38.6 Å². The van der Waals surface area contributed by atoms with Gasteiger partial charge in [0, 0.05) is 13.1 Å². The van der Waals surface area contributed by atoms with E-state index < -0.39 is 6.04 Å². The minimum Gasteiger partial charge on any atom is -0.331 e. The second kappa shape index (κ2) is 5.48. The summed E-state index contributed by atoms with van der Waals surface area (Å²) in [6, 6.07) is 7.73. The van der Waals surface area contributed by atoms with Crippen LogP contribution in [0.4, 0.5) is 0 Å². The van der Waals surface area contributed by atoms with Crippen LogP contribution in [0.5, 0.6) is 0 Å². The number of para-hydroxylation sites is 2. The zero-order valence-corrected chi connectivity index (χ0v) is 12.6. The van der Waals surface area contributed by atoms with Crippen LogP contribution >= 0.6 is 0 Å². The molecule has 1 amide bonds. The topological polar surface area (TPSA) is 64.2 Å². The van der Waals surface area contributed by atoms with Gasteiger partial charge in [0.2, 0.25) is 5.91 Å². The predicted octanol–water partition coefficient (Wildman–Crippen LogP) is 2.07. The second-order valence-electron chi connectivity index (χ2n) is 5.68. The van der Waals surface area contributed by atoms with Crippen LogP contribution in [0.25, 0.3) is 11.0 Å². The van der Waals surface area contributed by atoms with Crippen molar-refractivity contribution in [3.05, 3.63) is 30.1 Å².